The molecule has 4 rings (SSSR count). The number of carbonyl (C=O) groups excluding carboxylic acids is 2. The average Bonchev–Trinajstić information content (AvgIpc) is 3.32. The van der Waals surface area contributed by atoms with Gasteiger partial charge in [0, 0.05) is 23.1 Å². The van der Waals surface area contributed by atoms with Crippen LogP contribution in [0, 0.1) is 5.41 Å². The highest BCUT2D eigenvalue weighted by atomic mass is 16.5. The van der Waals surface area contributed by atoms with Crippen LogP contribution in [0.5, 0.6) is 0 Å². The van der Waals surface area contributed by atoms with Crippen LogP contribution in [0.1, 0.15) is 83.1 Å². The van der Waals surface area contributed by atoms with E-state index in [0.717, 1.165) is 54.5 Å². The fourth-order valence-electron chi connectivity index (χ4n) is 4.12. The molecule has 24 heavy (non-hydrogen) atoms. The van der Waals surface area contributed by atoms with Crippen molar-refractivity contribution < 1.29 is 14.3 Å². The predicted molar refractivity (Wildman–Crippen MR) is 91.4 cm³/mol. The second-order valence-corrected chi connectivity index (χ2v) is 7.71. The first-order chi connectivity index (χ1) is 11.5. The molecule has 2 heterocycles. The molecule has 4 heteroatoms. The van der Waals surface area contributed by atoms with Crippen molar-refractivity contribution in [3.8, 4) is 0 Å². The van der Waals surface area contributed by atoms with Gasteiger partial charge in [0.1, 0.15) is 0 Å². The minimum absolute atomic E-state index is 0.155. The average molecular weight is 325 g/mol. The van der Waals surface area contributed by atoms with Crippen LogP contribution in [0.25, 0.3) is 5.57 Å². The van der Waals surface area contributed by atoms with E-state index < -0.39 is 0 Å². The summed E-state index contributed by atoms with van der Waals surface area (Å²) in [7, 11) is 0. The van der Waals surface area contributed by atoms with Crippen LogP contribution >= 0.6 is 0 Å². The molecule has 4 nitrogen and oxygen atoms in total. The van der Waals surface area contributed by atoms with E-state index in [2.05, 4.69) is 13.8 Å². The van der Waals surface area contributed by atoms with Gasteiger partial charge in [-0.1, -0.05) is 19.9 Å². The molecule has 0 atom stereocenters. The third-order valence-corrected chi connectivity index (χ3v) is 5.60. The highest BCUT2D eigenvalue weighted by Gasteiger charge is 2.49. The summed E-state index contributed by atoms with van der Waals surface area (Å²) in [4.78, 5) is 29.7. The number of nitrogens with zero attached hydrogens (tertiary/aromatic N) is 1. The van der Waals surface area contributed by atoms with Crippen molar-refractivity contribution >= 4 is 17.6 Å². The lowest BCUT2D eigenvalue weighted by Gasteiger charge is -2.28. The van der Waals surface area contributed by atoms with Crippen molar-refractivity contribution in [1.82, 2.24) is 4.98 Å². The van der Waals surface area contributed by atoms with Gasteiger partial charge in [-0.15, -0.1) is 0 Å². The Kier molecular flexibility index (Phi) is 3.68. The number of fused-ring (bicyclic) bond motifs is 1. The van der Waals surface area contributed by atoms with Crippen molar-refractivity contribution in [2.45, 2.75) is 51.9 Å². The van der Waals surface area contributed by atoms with Gasteiger partial charge < -0.3 is 4.74 Å². The Balaban J connectivity index is 1.98. The Morgan fingerprint density at radius 1 is 1.25 bits per heavy atom. The molecule has 0 amide bonds. The number of hydrogen-bond acceptors (Lipinski definition) is 4. The van der Waals surface area contributed by atoms with E-state index in [4.69, 9.17) is 9.72 Å². The zero-order valence-electron chi connectivity index (χ0n) is 14.4. The van der Waals surface area contributed by atoms with Crippen LogP contribution in [0.3, 0.4) is 0 Å². The lowest BCUT2D eigenvalue weighted by atomic mass is 9.77. The molecule has 1 saturated carbocycles. The van der Waals surface area contributed by atoms with Crippen molar-refractivity contribution in [3.05, 3.63) is 34.2 Å². The van der Waals surface area contributed by atoms with E-state index in [-0.39, 0.29) is 17.1 Å². The number of ketones is 1. The van der Waals surface area contributed by atoms with Gasteiger partial charge in [0.15, 0.2) is 12.1 Å². The van der Waals surface area contributed by atoms with Gasteiger partial charge in [-0.3, -0.25) is 14.6 Å². The molecular formula is C20H23NO3. The molecular weight excluding hydrogens is 302 g/mol. The Morgan fingerprint density at radius 3 is 2.62 bits per heavy atom. The third-order valence-electron chi connectivity index (χ3n) is 5.60. The van der Waals surface area contributed by atoms with Gasteiger partial charge in [-0.25, -0.2) is 0 Å². The summed E-state index contributed by atoms with van der Waals surface area (Å²) in [5.74, 6) is 0.323. The molecule has 0 N–H and O–H groups in total. The van der Waals surface area contributed by atoms with Crippen molar-refractivity contribution in [2.24, 2.45) is 5.41 Å². The number of carbonyl (C=O) groups is 2. The van der Waals surface area contributed by atoms with Crippen LogP contribution in [0.4, 0.5) is 0 Å². The Labute approximate surface area is 142 Å². The summed E-state index contributed by atoms with van der Waals surface area (Å²) in [6.07, 6.45) is 7.39. The number of aldehydes is 1. The van der Waals surface area contributed by atoms with E-state index in [9.17, 15) is 9.59 Å². The van der Waals surface area contributed by atoms with Crippen molar-refractivity contribution in [3.63, 3.8) is 0 Å². The summed E-state index contributed by atoms with van der Waals surface area (Å²) < 4.78 is 5.42. The molecule has 1 spiro atoms. The number of hydrogen-bond donors (Lipinski definition) is 0. The van der Waals surface area contributed by atoms with Crippen molar-refractivity contribution in [2.75, 3.05) is 13.2 Å². The monoisotopic (exact) mass is 325 g/mol. The van der Waals surface area contributed by atoms with Crippen LogP contribution in [-0.2, 0) is 11.2 Å². The Hall–Kier alpha value is -1.81. The van der Waals surface area contributed by atoms with E-state index in [1.165, 1.54) is 0 Å². The van der Waals surface area contributed by atoms with Crippen LogP contribution in [0.2, 0.25) is 0 Å². The third kappa shape index (κ3) is 2.44. The molecule has 1 aromatic heterocycles. The van der Waals surface area contributed by atoms with E-state index >= 15 is 0 Å². The highest BCUT2D eigenvalue weighted by Crippen LogP contribution is 2.55. The normalized spacial score (nSPS) is 21.6. The topological polar surface area (TPSA) is 56.3 Å². The number of rotatable bonds is 3. The van der Waals surface area contributed by atoms with E-state index in [1.54, 1.807) is 0 Å². The first kappa shape index (κ1) is 15.7. The van der Waals surface area contributed by atoms with E-state index in [0.29, 0.717) is 30.8 Å². The molecule has 0 radical (unpaired) electrons. The van der Waals surface area contributed by atoms with Gasteiger partial charge in [0.05, 0.1) is 24.6 Å². The molecule has 2 aliphatic carbocycles. The summed E-state index contributed by atoms with van der Waals surface area (Å²) in [5.41, 5.74) is 5.16. The fraction of sp³-hybridized carbons (Fsp3) is 0.550. The second kappa shape index (κ2) is 5.62. The molecule has 1 aliphatic heterocycles. The highest BCUT2D eigenvalue weighted by molar-refractivity contribution is 6.06. The molecule has 0 saturated heterocycles. The van der Waals surface area contributed by atoms with Crippen LogP contribution in [-0.4, -0.2) is 30.3 Å². The maximum atomic E-state index is 12.9. The maximum Gasteiger partial charge on any atom is 0.165 e. The first-order valence-electron chi connectivity index (χ1n) is 8.87. The quantitative estimate of drug-likeness (QED) is 0.795. The summed E-state index contributed by atoms with van der Waals surface area (Å²) in [5, 5.41) is 0. The predicted octanol–water partition coefficient (Wildman–Crippen LogP) is 3.73. The first-order valence-corrected chi connectivity index (χ1v) is 8.87. The van der Waals surface area contributed by atoms with Gasteiger partial charge in [-0.2, -0.15) is 0 Å². The molecule has 126 valence electrons. The number of Topliss-reactive ketones (excluding diaryl/α,β-unsaturated/α-hetero) is 1. The SMILES string of the molecule is CC(C)c1nc2c(c(C3=CCOCC3)c1C=O)C(=O)CC1(CC1)C2. The minimum Gasteiger partial charge on any atom is -0.377 e. The maximum absolute atomic E-state index is 12.9. The minimum atomic E-state index is 0.155. The Bertz CT molecular complexity index is 757. The number of pyridine rings is 1. The summed E-state index contributed by atoms with van der Waals surface area (Å²) in [6.45, 7) is 5.29. The van der Waals surface area contributed by atoms with Gasteiger partial charge in [-0.05, 0) is 42.6 Å². The molecule has 3 aliphatic rings. The van der Waals surface area contributed by atoms with Gasteiger partial charge >= 0.3 is 0 Å². The summed E-state index contributed by atoms with van der Waals surface area (Å²) in [6, 6.07) is 0. The lowest BCUT2D eigenvalue weighted by molar-refractivity contribution is 0.0939. The lowest BCUT2D eigenvalue weighted by Crippen LogP contribution is -2.26. The summed E-state index contributed by atoms with van der Waals surface area (Å²) >= 11 is 0. The van der Waals surface area contributed by atoms with Crippen LogP contribution < -0.4 is 0 Å². The standard InChI is InChI=1S/C20H23NO3/c1-12(2)19-14(11-22)17(13-3-7-24-8-4-13)18-15(21-19)9-20(5-6-20)10-16(18)23/h3,11-12H,4-10H2,1-2H3. The largest absolute Gasteiger partial charge is 0.377 e. The molecule has 1 fully saturated rings. The van der Waals surface area contributed by atoms with Crippen LogP contribution in [0.15, 0.2) is 6.08 Å². The zero-order valence-corrected chi connectivity index (χ0v) is 14.4. The Morgan fingerprint density at radius 2 is 2.04 bits per heavy atom. The van der Waals surface area contributed by atoms with Gasteiger partial charge in [0.25, 0.3) is 0 Å². The molecule has 1 aromatic rings. The molecule has 0 aromatic carbocycles. The number of ether oxygens (including phenoxy) is 1. The van der Waals surface area contributed by atoms with Crippen molar-refractivity contribution in [1.29, 1.82) is 0 Å². The van der Waals surface area contributed by atoms with E-state index in [1.807, 2.05) is 6.08 Å². The molecule has 0 bridgehead atoms. The number of aromatic nitrogens is 1. The second-order valence-electron chi connectivity index (χ2n) is 7.71. The molecule has 0 unspecified atom stereocenters. The zero-order chi connectivity index (χ0) is 16.9. The van der Waals surface area contributed by atoms with Gasteiger partial charge in [0.2, 0.25) is 0 Å². The smallest absolute Gasteiger partial charge is 0.165 e. The fourth-order valence-corrected chi connectivity index (χ4v) is 4.12.